The molecule has 146 valence electrons. The van der Waals surface area contributed by atoms with Crippen LogP contribution in [0.15, 0.2) is 66.9 Å². The molecule has 0 spiro atoms. The highest BCUT2D eigenvalue weighted by molar-refractivity contribution is 6.89. The van der Waals surface area contributed by atoms with Crippen LogP contribution in [0.1, 0.15) is 39.2 Å². The lowest BCUT2D eigenvalue weighted by atomic mass is 9.77. The molecule has 2 heteroatoms. The molecule has 2 aromatic carbocycles. The SMILES string of the molecule is CC(c1cc(-c2ccccc2-c2ccccc2)ncc1[Si](C)(C)C)C(C)(C)C. The van der Waals surface area contributed by atoms with Gasteiger partial charge in [0, 0.05) is 11.8 Å². The Morgan fingerprint density at radius 2 is 1.39 bits per heavy atom. The van der Waals surface area contributed by atoms with Crippen LogP contribution in [0.3, 0.4) is 0 Å². The van der Waals surface area contributed by atoms with E-state index in [2.05, 4.69) is 114 Å². The molecule has 1 aromatic heterocycles. The Morgan fingerprint density at radius 3 is 1.96 bits per heavy atom. The lowest BCUT2D eigenvalue weighted by Crippen LogP contribution is -2.42. The topological polar surface area (TPSA) is 12.9 Å². The number of hydrogen-bond acceptors (Lipinski definition) is 1. The van der Waals surface area contributed by atoms with E-state index < -0.39 is 8.07 Å². The van der Waals surface area contributed by atoms with Gasteiger partial charge in [0.2, 0.25) is 0 Å². The molecule has 0 aliphatic carbocycles. The molecule has 28 heavy (non-hydrogen) atoms. The Kier molecular flexibility index (Phi) is 5.63. The van der Waals surface area contributed by atoms with Gasteiger partial charge in [-0.05, 0) is 39.3 Å². The van der Waals surface area contributed by atoms with E-state index >= 15 is 0 Å². The molecular formula is C26H33NSi. The smallest absolute Gasteiger partial charge is 0.0799 e. The van der Waals surface area contributed by atoms with E-state index in [-0.39, 0.29) is 5.41 Å². The molecular weight excluding hydrogens is 354 g/mol. The summed E-state index contributed by atoms with van der Waals surface area (Å²) in [4.78, 5) is 4.96. The van der Waals surface area contributed by atoms with Gasteiger partial charge in [-0.2, -0.15) is 0 Å². The minimum Gasteiger partial charge on any atom is -0.256 e. The molecule has 0 saturated heterocycles. The van der Waals surface area contributed by atoms with Crippen molar-refractivity contribution >= 4 is 13.3 Å². The van der Waals surface area contributed by atoms with Crippen LogP contribution in [0.2, 0.25) is 19.6 Å². The van der Waals surface area contributed by atoms with Gasteiger partial charge in [-0.15, -0.1) is 0 Å². The average molecular weight is 388 g/mol. The highest BCUT2D eigenvalue weighted by Crippen LogP contribution is 2.37. The van der Waals surface area contributed by atoms with Gasteiger partial charge in [-0.3, -0.25) is 4.98 Å². The van der Waals surface area contributed by atoms with Crippen LogP contribution in [-0.4, -0.2) is 13.1 Å². The fraction of sp³-hybridized carbons (Fsp3) is 0.346. The molecule has 1 nitrogen and oxygen atoms in total. The van der Waals surface area contributed by atoms with Crippen LogP contribution in [-0.2, 0) is 0 Å². The largest absolute Gasteiger partial charge is 0.256 e. The molecule has 0 amide bonds. The number of hydrogen-bond donors (Lipinski definition) is 0. The highest BCUT2D eigenvalue weighted by atomic mass is 28.3. The molecule has 0 aliphatic heterocycles. The summed E-state index contributed by atoms with van der Waals surface area (Å²) in [6.45, 7) is 16.6. The normalized spacial score (nSPS) is 13.4. The lowest BCUT2D eigenvalue weighted by Gasteiger charge is -2.32. The predicted octanol–water partition coefficient (Wildman–Crippen LogP) is 7.11. The van der Waals surface area contributed by atoms with E-state index in [9.17, 15) is 0 Å². The minimum absolute atomic E-state index is 0.214. The second-order valence-electron chi connectivity index (χ2n) is 9.91. The zero-order valence-electron chi connectivity index (χ0n) is 18.4. The van der Waals surface area contributed by atoms with Crippen molar-refractivity contribution in [3.63, 3.8) is 0 Å². The summed E-state index contributed by atoms with van der Waals surface area (Å²) in [6.07, 6.45) is 2.17. The molecule has 3 rings (SSSR count). The average Bonchev–Trinajstić information content (AvgIpc) is 2.66. The Morgan fingerprint density at radius 1 is 0.821 bits per heavy atom. The summed E-state index contributed by atoms with van der Waals surface area (Å²) in [6, 6.07) is 21.6. The van der Waals surface area contributed by atoms with Crippen molar-refractivity contribution in [2.75, 3.05) is 0 Å². The van der Waals surface area contributed by atoms with Gasteiger partial charge in [-0.1, -0.05) is 102 Å². The van der Waals surface area contributed by atoms with Crippen molar-refractivity contribution in [2.45, 2.75) is 53.3 Å². The monoisotopic (exact) mass is 387 g/mol. The van der Waals surface area contributed by atoms with Crippen LogP contribution >= 0.6 is 0 Å². The Hall–Kier alpha value is -2.19. The van der Waals surface area contributed by atoms with Crippen LogP contribution in [0, 0.1) is 5.41 Å². The summed E-state index contributed by atoms with van der Waals surface area (Å²) in [5.41, 5.74) is 6.45. The maximum atomic E-state index is 4.96. The van der Waals surface area contributed by atoms with Crippen LogP contribution in [0.5, 0.6) is 0 Å². The Balaban J connectivity index is 2.20. The lowest BCUT2D eigenvalue weighted by molar-refractivity contribution is 0.340. The molecule has 0 bridgehead atoms. The number of benzene rings is 2. The van der Waals surface area contributed by atoms with Gasteiger partial charge in [0.25, 0.3) is 0 Å². The number of pyridine rings is 1. The molecule has 1 unspecified atom stereocenters. The maximum absolute atomic E-state index is 4.96. The zero-order chi connectivity index (χ0) is 20.5. The molecule has 1 atom stereocenters. The van der Waals surface area contributed by atoms with E-state index in [4.69, 9.17) is 4.98 Å². The van der Waals surface area contributed by atoms with Gasteiger partial charge >= 0.3 is 0 Å². The van der Waals surface area contributed by atoms with Gasteiger partial charge in [-0.25, -0.2) is 0 Å². The Labute approximate surface area is 171 Å². The summed E-state index contributed by atoms with van der Waals surface area (Å²) < 4.78 is 0. The molecule has 0 fully saturated rings. The maximum Gasteiger partial charge on any atom is 0.0799 e. The van der Waals surface area contributed by atoms with Crippen molar-refractivity contribution in [3.05, 3.63) is 72.4 Å². The van der Waals surface area contributed by atoms with Gasteiger partial charge in [0.1, 0.15) is 0 Å². The summed E-state index contributed by atoms with van der Waals surface area (Å²) in [7, 11) is -1.48. The first-order chi connectivity index (χ1) is 13.1. The van der Waals surface area contributed by atoms with Crippen LogP contribution < -0.4 is 5.19 Å². The van der Waals surface area contributed by atoms with Crippen molar-refractivity contribution in [1.29, 1.82) is 0 Å². The van der Waals surface area contributed by atoms with Gasteiger partial charge < -0.3 is 0 Å². The van der Waals surface area contributed by atoms with Crippen LogP contribution in [0.4, 0.5) is 0 Å². The second kappa shape index (κ2) is 7.67. The first kappa shape index (κ1) is 20.5. The summed E-state index contributed by atoms with van der Waals surface area (Å²) in [5, 5.41) is 1.48. The third kappa shape index (κ3) is 4.28. The number of nitrogens with zero attached hydrogens (tertiary/aromatic N) is 1. The van der Waals surface area contributed by atoms with Gasteiger partial charge in [0.05, 0.1) is 13.8 Å². The van der Waals surface area contributed by atoms with E-state index in [1.807, 2.05) is 0 Å². The fourth-order valence-corrected chi connectivity index (χ4v) is 5.25. The second-order valence-corrected chi connectivity index (χ2v) is 14.9. The minimum atomic E-state index is -1.48. The standard InChI is InChI=1S/C26H33NSi/c1-19(26(2,3)4)23-17-24(27-18-25(23)28(5,6)7)22-16-12-11-15-21(22)20-13-9-8-10-14-20/h8-19H,1-7H3. The third-order valence-corrected chi connectivity index (χ3v) is 7.83. The van der Waals surface area contributed by atoms with E-state index in [0.29, 0.717) is 5.92 Å². The van der Waals surface area contributed by atoms with E-state index in [1.165, 1.54) is 27.4 Å². The Bertz CT molecular complexity index is 946. The molecule has 0 saturated carbocycles. The van der Waals surface area contributed by atoms with Crippen molar-refractivity contribution in [1.82, 2.24) is 4.98 Å². The molecule has 0 aliphatic rings. The fourth-order valence-electron chi connectivity index (χ4n) is 3.65. The summed E-state index contributed by atoms with van der Waals surface area (Å²) >= 11 is 0. The zero-order valence-corrected chi connectivity index (χ0v) is 19.4. The molecule has 1 heterocycles. The number of rotatable bonds is 4. The van der Waals surface area contributed by atoms with Crippen molar-refractivity contribution < 1.29 is 0 Å². The molecule has 0 radical (unpaired) electrons. The van der Waals surface area contributed by atoms with E-state index in [1.54, 1.807) is 0 Å². The molecule has 0 N–H and O–H groups in total. The summed E-state index contributed by atoms with van der Waals surface area (Å²) in [5.74, 6) is 0.472. The van der Waals surface area contributed by atoms with Crippen molar-refractivity contribution in [3.8, 4) is 22.4 Å². The third-order valence-electron chi connectivity index (χ3n) is 5.80. The highest BCUT2D eigenvalue weighted by Gasteiger charge is 2.29. The van der Waals surface area contributed by atoms with E-state index in [0.717, 1.165) is 5.69 Å². The number of aromatic nitrogens is 1. The van der Waals surface area contributed by atoms with Crippen LogP contribution in [0.25, 0.3) is 22.4 Å². The molecule has 3 aromatic rings. The predicted molar refractivity (Wildman–Crippen MR) is 126 cm³/mol. The first-order valence-corrected chi connectivity index (χ1v) is 13.7. The first-order valence-electron chi connectivity index (χ1n) is 10.2. The van der Waals surface area contributed by atoms with Gasteiger partial charge in [0.15, 0.2) is 0 Å². The quantitative estimate of drug-likeness (QED) is 0.435. The van der Waals surface area contributed by atoms with Crippen molar-refractivity contribution in [2.24, 2.45) is 5.41 Å².